The molecular formula is C22H33N3O3. The van der Waals surface area contributed by atoms with E-state index in [0.29, 0.717) is 18.3 Å². The van der Waals surface area contributed by atoms with Gasteiger partial charge in [0.05, 0.1) is 18.6 Å². The van der Waals surface area contributed by atoms with Gasteiger partial charge in [-0.3, -0.25) is 14.3 Å². The molecule has 1 aromatic heterocycles. The lowest BCUT2D eigenvalue weighted by atomic mass is 9.92. The van der Waals surface area contributed by atoms with Crippen LogP contribution in [-0.2, 0) is 22.4 Å². The lowest BCUT2D eigenvalue weighted by Crippen LogP contribution is -2.41. The Bertz CT molecular complexity index is 721. The fraction of sp³-hybridized carbons (Fsp3) is 0.773. The molecule has 0 bridgehead atoms. The topological polar surface area (TPSA) is 73.2 Å². The van der Waals surface area contributed by atoms with Crippen molar-refractivity contribution in [2.75, 3.05) is 6.61 Å². The number of nitrogens with one attached hydrogen (secondary N) is 1. The lowest BCUT2D eigenvalue weighted by molar-refractivity contribution is -0.148. The highest BCUT2D eigenvalue weighted by Crippen LogP contribution is 2.34. The summed E-state index contributed by atoms with van der Waals surface area (Å²) < 4.78 is 7.40. The van der Waals surface area contributed by atoms with Crippen molar-refractivity contribution in [1.82, 2.24) is 15.1 Å². The molecule has 2 saturated carbocycles. The van der Waals surface area contributed by atoms with Crippen molar-refractivity contribution in [3.8, 4) is 0 Å². The molecule has 0 spiro atoms. The maximum Gasteiger partial charge on any atom is 0.311 e. The number of hydrogen-bond donors (Lipinski definition) is 1. The highest BCUT2D eigenvalue weighted by Gasteiger charge is 2.36. The van der Waals surface area contributed by atoms with Crippen LogP contribution in [0.2, 0.25) is 0 Å². The maximum atomic E-state index is 13.2. The number of esters is 1. The van der Waals surface area contributed by atoms with Gasteiger partial charge in [0.1, 0.15) is 0 Å². The average Bonchev–Trinajstić information content (AvgIpc) is 3.33. The van der Waals surface area contributed by atoms with Crippen LogP contribution in [0.4, 0.5) is 0 Å². The molecule has 154 valence electrons. The van der Waals surface area contributed by atoms with Crippen molar-refractivity contribution in [3.63, 3.8) is 0 Å². The quantitative estimate of drug-likeness (QED) is 0.782. The Balaban J connectivity index is 1.54. The molecule has 1 heterocycles. The number of nitrogens with zero attached hydrogens (tertiary/aromatic N) is 2. The van der Waals surface area contributed by atoms with Gasteiger partial charge in [0, 0.05) is 17.3 Å². The molecule has 0 aromatic carbocycles. The average molecular weight is 388 g/mol. The van der Waals surface area contributed by atoms with Crippen molar-refractivity contribution in [1.29, 1.82) is 0 Å². The van der Waals surface area contributed by atoms with Gasteiger partial charge >= 0.3 is 5.97 Å². The second kappa shape index (κ2) is 8.66. The third kappa shape index (κ3) is 3.83. The van der Waals surface area contributed by atoms with Crippen LogP contribution >= 0.6 is 0 Å². The number of rotatable bonds is 5. The molecule has 1 amide bonds. The van der Waals surface area contributed by atoms with E-state index in [1.54, 1.807) is 0 Å². The molecule has 4 rings (SSSR count). The van der Waals surface area contributed by atoms with E-state index in [-0.39, 0.29) is 23.8 Å². The SMILES string of the molecule is CCOC(=O)[C@H]1CCC[C@H]1NC(=O)c1nn(C2CCCCC2)c2c1CCCC2. The molecule has 0 saturated heterocycles. The summed E-state index contributed by atoms with van der Waals surface area (Å²) in [7, 11) is 0. The zero-order chi connectivity index (χ0) is 19.5. The van der Waals surface area contributed by atoms with E-state index in [1.165, 1.54) is 44.2 Å². The smallest absolute Gasteiger partial charge is 0.311 e. The molecular weight excluding hydrogens is 354 g/mol. The molecule has 2 atom stereocenters. The number of carbonyl (C=O) groups is 2. The lowest BCUT2D eigenvalue weighted by Gasteiger charge is -2.25. The van der Waals surface area contributed by atoms with Crippen LogP contribution < -0.4 is 5.32 Å². The van der Waals surface area contributed by atoms with Crippen LogP contribution in [0.1, 0.15) is 98.9 Å². The largest absolute Gasteiger partial charge is 0.466 e. The second-order valence-electron chi connectivity index (χ2n) is 8.59. The molecule has 0 unspecified atom stereocenters. The highest BCUT2D eigenvalue weighted by atomic mass is 16.5. The molecule has 2 fully saturated rings. The Kier molecular flexibility index (Phi) is 6.02. The first-order valence-electron chi connectivity index (χ1n) is 11.3. The number of amides is 1. The monoisotopic (exact) mass is 387 g/mol. The van der Waals surface area contributed by atoms with Gasteiger partial charge in [-0.15, -0.1) is 0 Å². The van der Waals surface area contributed by atoms with Crippen LogP contribution in [0.5, 0.6) is 0 Å². The summed E-state index contributed by atoms with van der Waals surface area (Å²) in [6.45, 7) is 2.21. The van der Waals surface area contributed by atoms with Crippen LogP contribution in [0.25, 0.3) is 0 Å². The van der Waals surface area contributed by atoms with E-state index in [0.717, 1.165) is 44.1 Å². The minimum atomic E-state index is -0.222. The molecule has 1 N–H and O–H groups in total. The zero-order valence-electron chi connectivity index (χ0n) is 17.0. The summed E-state index contributed by atoms with van der Waals surface area (Å²) >= 11 is 0. The summed E-state index contributed by atoms with van der Waals surface area (Å²) in [6.07, 6.45) is 13.0. The number of carbonyl (C=O) groups excluding carboxylic acids is 2. The van der Waals surface area contributed by atoms with Gasteiger partial charge in [-0.2, -0.15) is 5.10 Å². The van der Waals surface area contributed by atoms with E-state index in [4.69, 9.17) is 9.84 Å². The molecule has 3 aliphatic rings. The first-order valence-corrected chi connectivity index (χ1v) is 11.3. The fourth-order valence-electron chi connectivity index (χ4n) is 5.34. The van der Waals surface area contributed by atoms with E-state index in [2.05, 4.69) is 10.00 Å². The van der Waals surface area contributed by atoms with E-state index in [1.807, 2.05) is 6.92 Å². The predicted molar refractivity (Wildman–Crippen MR) is 106 cm³/mol. The van der Waals surface area contributed by atoms with Crippen LogP contribution in [0.15, 0.2) is 0 Å². The van der Waals surface area contributed by atoms with Gasteiger partial charge in [-0.05, 0) is 58.3 Å². The molecule has 6 nitrogen and oxygen atoms in total. The van der Waals surface area contributed by atoms with Crippen molar-refractivity contribution in [3.05, 3.63) is 17.0 Å². The Morgan fingerprint density at radius 2 is 1.82 bits per heavy atom. The van der Waals surface area contributed by atoms with Crippen LogP contribution in [0.3, 0.4) is 0 Å². The van der Waals surface area contributed by atoms with Gasteiger partial charge in [0.15, 0.2) is 5.69 Å². The normalized spacial score (nSPS) is 25.3. The van der Waals surface area contributed by atoms with Gasteiger partial charge in [0.2, 0.25) is 0 Å². The summed E-state index contributed by atoms with van der Waals surface area (Å²) in [6, 6.07) is 0.312. The Morgan fingerprint density at radius 1 is 1.04 bits per heavy atom. The third-order valence-electron chi connectivity index (χ3n) is 6.77. The van der Waals surface area contributed by atoms with Gasteiger partial charge < -0.3 is 10.1 Å². The summed E-state index contributed by atoms with van der Waals surface area (Å²) in [4.78, 5) is 25.4. The number of ether oxygens (including phenoxy) is 1. The molecule has 6 heteroatoms. The van der Waals surface area contributed by atoms with Crippen molar-refractivity contribution in [2.24, 2.45) is 5.92 Å². The van der Waals surface area contributed by atoms with E-state index < -0.39 is 0 Å². The van der Waals surface area contributed by atoms with E-state index >= 15 is 0 Å². The number of hydrogen-bond acceptors (Lipinski definition) is 4. The number of aromatic nitrogens is 2. The first-order chi connectivity index (χ1) is 13.7. The van der Waals surface area contributed by atoms with Gasteiger partial charge in [-0.25, -0.2) is 0 Å². The molecule has 3 aliphatic carbocycles. The Labute approximate surface area is 167 Å². The van der Waals surface area contributed by atoms with Crippen molar-refractivity contribution < 1.29 is 14.3 Å². The van der Waals surface area contributed by atoms with E-state index in [9.17, 15) is 9.59 Å². The highest BCUT2D eigenvalue weighted by molar-refractivity contribution is 5.94. The molecule has 0 radical (unpaired) electrons. The summed E-state index contributed by atoms with van der Waals surface area (Å²) in [5.74, 6) is -0.505. The van der Waals surface area contributed by atoms with Crippen molar-refractivity contribution >= 4 is 11.9 Å². The standard InChI is InChI=1S/C22H33N3O3/c1-2-28-22(27)16-12-8-13-18(16)23-21(26)20-17-11-6-7-14-19(17)25(24-20)15-9-4-3-5-10-15/h15-16,18H,2-14H2,1H3,(H,23,26)/t16-,18+/m0/s1. The first kappa shape index (κ1) is 19.5. The van der Waals surface area contributed by atoms with Crippen LogP contribution in [-0.4, -0.2) is 34.3 Å². The molecule has 28 heavy (non-hydrogen) atoms. The Morgan fingerprint density at radius 3 is 2.61 bits per heavy atom. The number of fused-ring (bicyclic) bond motifs is 1. The molecule has 1 aromatic rings. The Hall–Kier alpha value is -1.85. The summed E-state index contributed by atoms with van der Waals surface area (Å²) in [5.41, 5.74) is 3.05. The van der Waals surface area contributed by atoms with Crippen molar-refractivity contribution in [2.45, 2.75) is 96.1 Å². The minimum absolute atomic E-state index is 0.103. The fourth-order valence-corrected chi connectivity index (χ4v) is 5.34. The van der Waals surface area contributed by atoms with Gasteiger partial charge in [0.25, 0.3) is 5.91 Å². The third-order valence-corrected chi connectivity index (χ3v) is 6.77. The van der Waals surface area contributed by atoms with Crippen LogP contribution in [0, 0.1) is 5.92 Å². The second-order valence-corrected chi connectivity index (χ2v) is 8.59. The maximum absolute atomic E-state index is 13.2. The molecule has 0 aliphatic heterocycles. The zero-order valence-corrected chi connectivity index (χ0v) is 17.0. The van der Waals surface area contributed by atoms with Gasteiger partial charge in [-0.1, -0.05) is 25.7 Å². The predicted octanol–water partition coefficient (Wildman–Crippen LogP) is 3.73. The summed E-state index contributed by atoms with van der Waals surface area (Å²) in [5, 5.41) is 7.99. The minimum Gasteiger partial charge on any atom is -0.466 e.